The summed E-state index contributed by atoms with van der Waals surface area (Å²) < 4.78 is 1.31. The van der Waals surface area contributed by atoms with Gasteiger partial charge in [0.05, 0.1) is 4.88 Å². The van der Waals surface area contributed by atoms with Crippen molar-refractivity contribution in [2.24, 2.45) is 0 Å². The molecule has 2 heterocycles. The molecule has 2 aromatic heterocycles. The van der Waals surface area contributed by atoms with Crippen molar-refractivity contribution in [3.05, 3.63) is 42.2 Å². The SMILES string of the molecule is CCCCn1c(N)c(N(C)C(=O)c2cc(CCC)c(C)s2)c(=O)[nH]c1=O. The first kappa shape index (κ1) is 20.0. The Kier molecular flexibility index (Phi) is 6.42. The second-order valence-electron chi connectivity index (χ2n) is 6.30. The monoisotopic (exact) mass is 378 g/mol. The number of unbranched alkanes of at least 4 members (excludes halogenated alkanes) is 1. The van der Waals surface area contributed by atoms with Gasteiger partial charge in [0.2, 0.25) is 0 Å². The average molecular weight is 378 g/mol. The molecule has 0 aliphatic heterocycles. The normalized spacial score (nSPS) is 10.9. The molecule has 0 atom stereocenters. The molecule has 26 heavy (non-hydrogen) atoms. The summed E-state index contributed by atoms with van der Waals surface area (Å²) >= 11 is 1.41. The average Bonchev–Trinajstić information content (AvgIpc) is 2.95. The first-order chi connectivity index (χ1) is 12.3. The third-order valence-electron chi connectivity index (χ3n) is 4.34. The van der Waals surface area contributed by atoms with E-state index in [1.54, 1.807) is 0 Å². The topological polar surface area (TPSA) is 101 Å². The number of nitrogens with zero attached hydrogens (tertiary/aromatic N) is 2. The maximum atomic E-state index is 12.9. The van der Waals surface area contributed by atoms with Crippen molar-refractivity contribution in [1.29, 1.82) is 0 Å². The molecule has 7 nitrogen and oxygen atoms in total. The van der Waals surface area contributed by atoms with Crippen LogP contribution in [-0.2, 0) is 13.0 Å². The lowest BCUT2D eigenvalue weighted by atomic mass is 10.1. The van der Waals surface area contributed by atoms with Crippen LogP contribution in [0.2, 0.25) is 0 Å². The summed E-state index contributed by atoms with van der Waals surface area (Å²) in [5, 5.41) is 0. The number of amides is 1. The Labute approximate surface area is 156 Å². The summed E-state index contributed by atoms with van der Waals surface area (Å²) in [6.07, 6.45) is 3.53. The predicted molar refractivity (Wildman–Crippen MR) is 106 cm³/mol. The second-order valence-corrected chi connectivity index (χ2v) is 7.56. The van der Waals surface area contributed by atoms with Gasteiger partial charge < -0.3 is 10.6 Å². The second kappa shape index (κ2) is 8.35. The number of thiophene rings is 1. The van der Waals surface area contributed by atoms with Gasteiger partial charge in [0, 0.05) is 18.5 Å². The Morgan fingerprint density at radius 2 is 2.00 bits per heavy atom. The number of nitrogens with two attached hydrogens (primary N) is 1. The molecule has 142 valence electrons. The van der Waals surface area contributed by atoms with Crippen LogP contribution in [0.3, 0.4) is 0 Å². The largest absolute Gasteiger partial charge is 0.383 e. The van der Waals surface area contributed by atoms with E-state index >= 15 is 0 Å². The predicted octanol–water partition coefficient (Wildman–Crippen LogP) is 2.52. The van der Waals surface area contributed by atoms with Crippen molar-refractivity contribution in [1.82, 2.24) is 9.55 Å². The Balaban J connectivity index is 2.44. The van der Waals surface area contributed by atoms with Crippen molar-refractivity contribution in [3.63, 3.8) is 0 Å². The van der Waals surface area contributed by atoms with E-state index in [9.17, 15) is 14.4 Å². The van der Waals surface area contributed by atoms with E-state index in [1.165, 1.54) is 27.9 Å². The molecule has 0 saturated carbocycles. The molecular weight excluding hydrogens is 352 g/mol. The van der Waals surface area contributed by atoms with Gasteiger partial charge in [0.25, 0.3) is 11.5 Å². The number of nitrogen functional groups attached to an aromatic ring is 1. The molecule has 0 radical (unpaired) electrons. The minimum absolute atomic E-state index is 0.00815. The maximum absolute atomic E-state index is 12.9. The zero-order valence-electron chi connectivity index (χ0n) is 15.7. The van der Waals surface area contributed by atoms with Crippen LogP contribution in [0.5, 0.6) is 0 Å². The summed E-state index contributed by atoms with van der Waals surface area (Å²) in [5.41, 5.74) is 6.02. The zero-order chi connectivity index (χ0) is 19.4. The molecule has 0 spiro atoms. The summed E-state index contributed by atoms with van der Waals surface area (Å²) in [4.78, 5) is 42.3. The van der Waals surface area contributed by atoms with E-state index in [4.69, 9.17) is 5.73 Å². The number of aryl methyl sites for hydroxylation is 2. The molecule has 0 bridgehead atoms. The first-order valence-electron chi connectivity index (χ1n) is 8.81. The fraction of sp³-hybridized carbons (Fsp3) is 0.500. The van der Waals surface area contributed by atoms with E-state index in [0.717, 1.165) is 36.1 Å². The molecule has 3 N–H and O–H groups in total. The quantitative estimate of drug-likeness (QED) is 0.773. The minimum atomic E-state index is -0.654. The lowest BCUT2D eigenvalue weighted by molar-refractivity contribution is 0.0996. The molecule has 0 aromatic carbocycles. The molecule has 0 aliphatic rings. The van der Waals surface area contributed by atoms with Gasteiger partial charge in [-0.2, -0.15) is 0 Å². The molecule has 0 saturated heterocycles. The van der Waals surface area contributed by atoms with Crippen molar-refractivity contribution in [2.75, 3.05) is 17.7 Å². The first-order valence-corrected chi connectivity index (χ1v) is 9.63. The molecule has 2 aromatic rings. The van der Waals surface area contributed by atoms with Gasteiger partial charge in [-0.15, -0.1) is 11.3 Å². The Morgan fingerprint density at radius 3 is 2.62 bits per heavy atom. The van der Waals surface area contributed by atoms with E-state index in [1.807, 2.05) is 19.9 Å². The summed E-state index contributed by atoms with van der Waals surface area (Å²) in [6.45, 7) is 6.46. The van der Waals surface area contributed by atoms with Crippen molar-refractivity contribution < 1.29 is 4.79 Å². The highest BCUT2D eigenvalue weighted by atomic mass is 32.1. The standard InChI is InChI=1S/C18H26N4O3S/c1-5-7-9-22-15(19)14(16(23)20-18(22)25)21(4)17(24)13-10-12(8-6-2)11(3)26-13/h10H,5-9,19H2,1-4H3,(H,20,23,25). The molecular formula is C18H26N4O3S. The van der Waals surface area contributed by atoms with E-state index in [-0.39, 0.29) is 17.4 Å². The van der Waals surface area contributed by atoms with E-state index in [2.05, 4.69) is 11.9 Å². The van der Waals surface area contributed by atoms with Crippen molar-refractivity contribution >= 4 is 28.7 Å². The van der Waals surface area contributed by atoms with Gasteiger partial charge >= 0.3 is 5.69 Å². The van der Waals surface area contributed by atoms with Crippen LogP contribution in [0, 0.1) is 6.92 Å². The fourth-order valence-electron chi connectivity index (χ4n) is 2.85. The molecule has 0 aliphatic carbocycles. The van der Waals surface area contributed by atoms with Crippen molar-refractivity contribution in [2.45, 2.75) is 53.0 Å². The fourth-order valence-corrected chi connectivity index (χ4v) is 3.90. The summed E-state index contributed by atoms with van der Waals surface area (Å²) in [6, 6.07) is 1.87. The minimum Gasteiger partial charge on any atom is -0.383 e. The van der Waals surface area contributed by atoms with Crippen LogP contribution in [0.4, 0.5) is 11.5 Å². The maximum Gasteiger partial charge on any atom is 0.330 e. The summed E-state index contributed by atoms with van der Waals surface area (Å²) in [5.74, 6) is -0.288. The Hall–Kier alpha value is -2.35. The van der Waals surface area contributed by atoms with Gasteiger partial charge in [-0.05, 0) is 31.4 Å². The van der Waals surface area contributed by atoms with Crippen LogP contribution in [0.15, 0.2) is 15.7 Å². The third kappa shape index (κ3) is 3.90. The number of H-pyrrole nitrogens is 1. The molecule has 1 amide bonds. The number of aromatic nitrogens is 2. The number of hydrogen-bond acceptors (Lipinski definition) is 5. The highest BCUT2D eigenvalue weighted by Crippen LogP contribution is 2.26. The third-order valence-corrected chi connectivity index (χ3v) is 5.42. The molecule has 2 rings (SSSR count). The van der Waals surface area contributed by atoms with E-state index in [0.29, 0.717) is 11.4 Å². The van der Waals surface area contributed by atoms with Gasteiger partial charge in [-0.3, -0.25) is 19.1 Å². The van der Waals surface area contributed by atoms with Gasteiger partial charge in [0.15, 0.2) is 5.69 Å². The number of hydrogen-bond donors (Lipinski definition) is 2. The number of rotatable bonds is 7. The van der Waals surface area contributed by atoms with Gasteiger partial charge in [-0.25, -0.2) is 4.79 Å². The van der Waals surface area contributed by atoms with Crippen LogP contribution in [-0.4, -0.2) is 22.5 Å². The number of aromatic amines is 1. The van der Waals surface area contributed by atoms with Gasteiger partial charge in [-0.1, -0.05) is 26.7 Å². The van der Waals surface area contributed by atoms with Crippen LogP contribution in [0.25, 0.3) is 0 Å². The Bertz CT molecular complexity index is 910. The number of nitrogens with one attached hydrogen (secondary N) is 1. The number of carbonyl (C=O) groups is 1. The highest BCUT2D eigenvalue weighted by Gasteiger charge is 2.23. The smallest absolute Gasteiger partial charge is 0.330 e. The highest BCUT2D eigenvalue weighted by molar-refractivity contribution is 7.14. The van der Waals surface area contributed by atoms with Crippen LogP contribution < -0.4 is 21.9 Å². The lowest BCUT2D eigenvalue weighted by Gasteiger charge is -2.19. The zero-order valence-corrected chi connectivity index (χ0v) is 16.5. The lowest BCUT2D eigenvalue weighted by Crippen LogP contribution is -2.39. The Morgan fingerprint density at radius 1 is 1.31 bits per heavy atom. The molecule has 8 heteroatoms. The number of carbonyl (C=O) groups excluding carboxylic acids is 1. The summed E-state index contributed by atoms with van der Waals surface area (Å²) in [7, 11) is 1.51. The van der Waals surface area contributed by atoms with Crippen molar-refractivity contribution in [3.8, 4) is 0 Å². The van der Waals surface area contributed by atoms with Crippen LogP contribution >= 0.6 is 11.3 Å². The number of anilines is 2. The van der Waals surface area contributed by atoms with Crippen LogP contribution in [0.1, 0.15) is 53.2 Å². The molecule has 0 unspecified atom stereocenters. The van der Waals surface area contributed by atoms with Gasteiger partial charge in [0.1, 0.15) is 5.82 Å². The molecule has 0 fully saturated rings. The van der Waals surface area contributed by atoms with E-state index < -0.39 is 11.2 Å².